The highest BCUT2D eigenvalue weighted by atomic mass is 19.1. The molecule has 7 rings (SSSR count). The number of pyridine rings is 1. The molecule has 5 aromatic heterocycles. The van der Waals surface area contributed by atoms with Gasteiger partial charge in [-0.05, 0) is 44.7 Å². The standard InChI is InChI=1S/C26H24FN11O2/c1-12(39)20-21(13-6-15-2-3-16(7-13)37(15)26(40)24-30-11-32-36-24)34-25-17(10-33-38(25)23(20)28)14-8-18(27)22(29-9-14)19-4-5-31-35-19/h4-5,8-11,13,15-16H,2-3,6-7,28H2,1H3,(H,31,35)(H,30,32,36)/t13?,15-,16+. The van der Waals surface area contributed by atoms with Crippen LogP contribution in [0.25, 0.3) is 28.2 Å². The van der Waals surface area contributed by atoms with E-state index in [-0.39, 0.29) is 47.0 Å². The van der Waals surface area contributed by atoms with Gasteiger partial charge in [0, 0.05) is 41.5 Å². The molecule has 0 radical (unpaired) electrons. The van der Waals surface area contributed by atoms with Gasteiger partial charge in [-0.15, -0.1) is 10.2 Å². The Labute approximate surface area is 226 Å². The number of carbonyl (C=O) groups is 2. The number of hydrogen-bond acceptors (Lipinski definition) is 9. The minimum atomic E-state index is -0.544. The first-order valence-electron chi connectivity index (χ1n) is 12.9. The van der Waals surface area contributed by atoms with Crippen LogP contribution in [-0.4, -0.2) is 73.6 Å². The van der Waals surface area contributed by atoms with Crippen molar-refractivity contribution in [3.8, 4) is 22.5 Å². The number of ketones is 1. The van der Waals surface area contributed by atoms with Gasteiger partial charge in [0.25, 0.3) is 5.91 Å². The van der Waals surface area contributed by atoms with Crippen molar-refractivity contribution in [2.45, 2.75) is 50.6 Å². The van der Waals surface area contributed by atoms with Crippen LogP contribution in [0.1, 0.15) is 65.2 Å². The van der Waals surface area contributed by atoms with E-state index in [1.165, 1.54) is 30.0 Å². The van der Waals surface area contributed by atoms with Gasteiger partial charge in [0.2, 0.25) is 5.82 Å². The summed E-state index contributed by atoms with van der Waals surface area (Å²) in [5, 5.41) is 18.7. The molecule has 3 atom stereocenters. The number of Topliss-reactive ketones (excluding diaryl/α,β-unsaturated/α-hetero) is 1. The third-order valence-corrected chi connectivity index (χ3v) is 7.93. The number of aromatic nitrogens is 9. The van der Waals surface area contributed by atoms with Crippen molar-refractivity contribution in [3.05, 3.63) is 59.9 Å². The maximum Gasteiger partial charge on any atom is 0.292 e. The number of hydrogen-bond donors (Lipinski definition) is 3. The Morgan fingerprint density at radius 1 is 1.18 bits per heavy atom. The second-order valence-electron chi connectivity index (χ2n) is 10.2. The van der Waals surface area contributed by atoms with Crippen LogP contribution in [0.2, 0.25) is 0 Å². The van der Waals surface area contributed by atoms with Crippen LogP contribution in [0.4, 0.5) is 10.2 Å². The maximum absolute atomic E-state index is 15.0. The molecule has 1 amide bonds. The van der Waals surface area contributed by atoms with E-state index in [9.17, 15) is 9.59 Å². The molecule has 5 aromatic rings. The quantitative estimate of drug-likeness (QED) is 0.282. The molecular formula is C26H24FN11O2. The largest absolute Gasteiger partial charge is 0.383 e. The zero-order valence-corrected chi connectivity index (χ0v) is 21.4. The van der Waals surface area contributed by atoms with E-state index in [1.807, 2.05) is 4.90 Å². The van der Waals surface area contributed by atoms with Gasteiger partial charge < -0.3 is 15.6 Å². The number of rotatable bonds is 5. The third-order valence-electron chi connectivity index (χ3n) is 7.93. The molecule has 2 saturated heterocycles. The molecule has 14 heteroatoms. The Hall–Kier alpha value is -5.01. The monoisotopic (exact) mass is 541 g/mol. The molecule has 0 aliphatic carbocycles. The first-order valence-corrected chi connectivity index (χ1v) is 12.9. The fourth-order valence-electron chi connectivity index (χ4n) is 6.22. The van der Waals surface area contributed by atoms with Crippen LogP contribution < -0.4 is 5.73 Å². The van der Waals surface area contributed by atoms with Crippen LogP contribution in [-0.2, 0) is 0 Å². The fraction of sp³-hybridized carbons (Fsp3) is 0.308. The zero-order valence-electron chi connectivity index (χ0n) is 21.4. The van der Waals surface area contributed by atoms with Crippen LogP contribution in [0.15, 0.2) is 37.1 Å². The second-order valence-corrected chi connectivity index (χ2v) is 10.2. The number of aromatic amines is 2. The lowest BCUT2D eigenvalue weighted by molar-refractivity contribution is 0.0556. The first kappa shape index (κ1) is 24.1. The van der Waals surface area contributed by atoms with Gasteiger partial charge in [0.05, 0.1) is 17.5 Å². The van der Waals surface area contributed by atoms with Crippen molar-refractivity contribution in [1.29, 1.82) is 0 Å². The molecule has 202 valence electrons. The number of carbonyl (C=O) groups excluding carboxylic acids is 2. The van der Waals surface area contributed by atoms with Crippen LogP contribution in [0.5, 0.6) is 0 Å². The van der Waals surface area contributed by atoms with E-state index >= 15 is 4.39 Å². The zero-order chi connectivity index (χ0) is 27.5. The Morgan fingerprint density at radius 2 is 1.98 bits per heavy atom. The summed E-state index contributed by atoms with van der Waals surface area (Å²) in [6.45, 7) is 1.46. The second kappa shape index (κ2) is 9.03. The van der Waals surface area contributed by atoms with Crippen molar-refractivity contribution in [3.63, 3.8) is 0 Å². The van der Waals surface area contributed by atoms with E-state index in [1.54, 1.807) is 18.5 Å². The van der Waals surface area contributed by atoms with Crippen molar-refractivity contribution < 1.29 is 14.0 Å². The predicted octanol–water partition coefficient (Wildman–Crippen LogP) is 2.77. The molecule has 0 aromatic carbocycles. The summed E-state index contributed by atoms with van der Waals surface area (Å²) < 4.78 is 16.5. The van der Waals surface area contributed by atoms with Crippen molar-refractivity contribution in [2.75, 3.05) is 5.73 Å². The Bertz CT molecular complexity index is 1750. The summed E-state index contributed by atoms with van der Waals surface area (Å²) in [5.74, 6) is -0.661. The summed E-state index contributed by atoms with van der Waals surface area (Å²) >= 11 is 0. The number of nitrogens with zero attached hydrogens (tertiary/aromatic N) is 8. The van der Waals surface area contributed by atoms with Gasteiger partial charge in [0.15, 0.2) is 17.2 Å². The molecule has 40 heavy (non-hydrogen) atoms. The van der Waals surface area contributed by atoms with E-state index in [2.05, 4.69) is 35.5 Å². The van der Waals surface area contributed by atoms with Gasteiger partial charge in [-0.1, -0.05) is 0 Å². The number of nitrogens with two attached hydrogens (primary N) is 1. The molecular weight excluding hydrogens is 517 g/mol. The Morgan fingerprint density at radius 3 is 2.62 bits per heavy atom. The number of nitrogen functional groups attached to an aromatic ring is 1. The van der Waals surface area contributed by atoms with Gasteiger partial charge in [0.1, 0.15) is 23.5 Å². The summed E-state index contributed by atoms with van der Waals surface area (Å²) in [6, 6.07) is 2.93. The Kier molecular flexibility index (Phi) is 5.43. The number of nitrogens with one attached hydrogen (secondary N) is 2. The third kappa shape index (κ3) is 3.66. The van der Waals surface area contributed by atoms with E-state index in [4.69, 9.17) is 10.7 Å². The molecule has 4 N–H and O–H groups in total. The number of piperidine rings is 1. The molecule has 1 unspecified atom stereocenters. The van der Waals surface area contributed by atoms with E-state index in [0.29, 0.717) is 46.6 Å². The summed E-state index contributed by atoms with van der Waals surface area (Å²) in [6.07, 6.45) is 9.00. The molecule has 2 aliphatic heterocycles. The van der Waals surface area contributed by atoms with Crippen molar-refractivity contribution >= 4 is 23.2 Å². The number of halogens is 1. The summed E-state index contributed by atoms with van der Waals surface area (Å²) in [4.78, 5) is 39.8. The SMILES string of the molecule is CC(=O)c1c(C2C[C@H]3CC[C@@H](C2)N3C(=O)c2nnc[nH]2)nc2c(-c3cnc(-c4cc[nH]n4)c(F)c3)cnn2c1N. The summed E-state index contributed by atoms with van der Waals surface area (Å²) in [5.41, 5.74) is 9.32. The lowest BCUT2D eigenvalue weighted by atomic mass is 9.85. The van der Waals surface area contributed by atoms with E-state index < -0.39 is 5.82 Å². The highest BCUT2D eigenvalue weighted by Gasteiger charge is 2.45. The van der Waals surface area contributed by atoms with Gasteiger partial charge in [-0.3, -0.25) is 19.7 Å². The lowest BCUT2D eigenvalue weighted by Gasteiger charge is -2.38. The number of fused-ring (bicyclic) bond motifs is 3. The fourth-order valence-corrected chi connectivity index (χ4v) is 6.22. The molecule has 7 heterocycles. The molecule has 0 saturated carbocycles. The van der Waals surface area contributed by atoms with Gasteiger partial charge in [-0.25, -0.2) is 9.37 Å². The van der Waals surface area contributed by atoms with Crippen LogP contribution >= 0.6 is 0 Å². The topological polar surface area (TPSA) is 177 Å². The average Bonchev–Trinajstić information content (AvgIpc) is 3.75. The maximum atomic E-state index is 15.0. The number of H-pyrrole nitrogens is 2. The average molecular weight is 542 g/mol. The minimum absolute atomic E-state index is 0.0299. The number of amides is 1. The van der Waals surface area contributed by atoms with Crippen LogP contribution in [0, 0.1) is 5.82 Å². The smallest absolute Gasteiger partial charge is 0.292 e. The molecule has 2 aliphatic rings. The van der Waals surface area contributed by atoms with Gasteiger partial charge in [-0.2, -0.15) is 14.7 Å². The predicted molar refractivity (Wildman–Crippen MR) is 140 cm³/mol. The molecule has 13 nitrogen and oxygen atoms in total. The normalized spacial score (nSPS) is 20.4. The van der Waals surface area contributed by atoms with Crippen LogP contribution in [0.3, 0.4) is 0 Å². The van der Waals surface area contributed by atoms with E-state index in [0.717, 1.165) is 12.8 Å². The Balaban J connectivity index is 1.28. The van der Waals surface area contributed by atoms with Crippen molar-refractivity contribution in [2.24, 2.45) is 0 Å². The number of anilines is 1. The molecule has 0 spiro atoms. The highest BCUT2D eigenvalue weighted by molar-refractivity contribution is 6.00. The van der Waals surface area contributed by atoms with Crippen molar-refractivity contribution in [1.82, 2.24) is 49.9 Å². The highest BCUT2D eigenvalue weighted by Crippen LogP contribution is 2.45. The lowest BCUT2D eigenvalue weighted by Crippen LogP contribution is -2.46. The molecule has 2 fully saturated rings. The molecule has 2 bridgehead atoms. The minimum Gasteiger partial charge on any atom is -0.383 e. The first-order chi connectivity index (χ1) is 19.4. The van der Waals surface area contributed by atoms with Gasteiger partial charge >= 0.3 is 0 Å². The summed E-state index contributed by atoms with van der Waals surface area (Å²) in [7, 11) is 0.